The average molecular weight is 352 g/mol. The number of benzene rings is 1. The molecule has 0 aliphatic carbocycles. The normalized spacial score (nSPS) is 12.0. The lowest BCUT2D eigenvalue weighted by atomic mass is 10.2. The van der Waals surface area contributed by atoms with E-state index in [2.05, 4.69) is 26.2 Å². The molecule has 21 heavy (non-hydrogen) atoms. The Morgan fingerprint density at radius 1 is 1.33 bits per heavy atom. The molecular weight excluding hydrogens is 338 g/mol. The number of pyridine rings is 1. The van der Waals surface area contributed by atoms with Crippen molar-refractivity contribution in [2.24, 2.45) is 0 Å². The number of nitrogens with one attached hydrogen (secondary N) is 1. The quantitative estimate of drug-likeness (QED) is 0.654. The number of non-ortho nitro benzene ring substituents is 1. The minimum Gasteiger partial charge on any atom is -0.455 e. The predicted octanol–water partition coefficient (Wildman–Crippen LogP) is 3.83. The topological polar surface area (TPSA) is 77.3 Å². The number of nitrogens with zero attached hydrogens (tertiary/aromatic N) is 2. The molecule has 1 N–H and O–H groups in total. The van der Waals surface area contributed by atoms with Crippen LogP contribution in [0.5, 0.6) is 11.5 Å². The fourth-order valence-corrected chi connectivity index (χ4v) is 2.16. The molecule has 0 fully saturated rings. The SMILES string of the molecule is CNC(C)c1ccc(Oc2cc(Br)cc([N+](=O)[O-])c2)cn1. The molecule has 0 radical (unpaired) electrons. The highest BCUT2D eigenvalue weighted by Gasteiger charge is 2.11. The molecule has 0 saturated carbocycles. The van der Waals surface area contributed by atoms with Gasteiger partial charge in [-0.3, -0.25) is 15.1 Å². The molecule has 2 rings (SSSR count). The highest BCUT2D eigenvalue weighted by molar-refractivity contribution is 9.10. The van der Waals surface area contributed by atoms with E-state index < -0.39 is 4.92 Å². The summed E-state index contributed by atoms with van der Waals surface area (Å²) in [6.45, 7) is 2.00. The van der Waals surface area contributed by atoms with Gasteiger partial charge in [-0.2, -0.15) is 0 Å². The fourth-order valence-electron chi connectivity index (χ4n) is 1.70. The molecule has 1 heterocycles. The third kappa shape index (κ3) is 3.99. The zero-order chi connectivity index (χ0) is 15.4. The summed E-state index contributed by atoms with van der Waals surface area (Å²) in [6, 6.07) is 8.23. The molecule has 1 unspecified atom stereocenters. The van der Waals surface area contributed by atoms with Crippen molar-refractivity contribution in [1.29, 1.82) is 0 Å². The van der Waals surface area contributed by atoms with Crippen LogP contribution in [0.2, 0.25) is 0 Å². The Labute approximate surface area is 130 Å². The maximum Gasteiger partial charge on any atom is 0.274 e. The first kappa shape index (κ1) is 15.4. The van der Waals surface area contributed by atoms with E-state index in [1.807, 2.05) is 20.0 Å². The predicted molar refractivity (Wildman–Crippen MR) is 82.6 cm³/mol. The number of aromatic nitrogens is 1. The van der Waals surface area contributed by atoms with Crippen LogP contribution < -0.4 is 10.1 Å². The molecule has 2 aromatic rings. The van der Waals surface area contributed by atoms with Crippen LogP contribution in [0.3, 0.4) is 0 Å². The standard InChI is InChI=1S/C14H14BrN3O3/c1-9(16-2)14-4-3-12(8-17-14)21-13-6-10(15)5-11(7-13)18(19)20/h3-9,16H,1-2H3. The summed E-state index contributed by atoms with van der Waals surface area (Å²) in [7, 11) is 1.86. The molecule has 1 atom stereocenters. The second-order valence-electron chi connectivity index (χ2n) is 4.43. The highest BCUT2D eigenvalue weighted by atomic mass is 79.9. The van der Waals surface area contributed by atoms with Crippen molar-refractivity contribution >= 4 is 21.6 Å². The van der Waals surface area contributed by atoms with Gasteiger partial charge in [0.25, 0.3) is 5.69 Å². The summed E-state index contributed by atoms with van der Waals surface area (Å²) >= 11 is 3.23. The number of hydrogen-bond acceptors (Lipinski definition) is 5. The van der Waals surface area contributed by atoms with Gasteiger partial charge in [0.05, 0.1) is 22.9 Å². The summed E-state index contributed by atoms with van der Waals surface area (Å²) in [5, 5.41) is 13.9. The van der Waals surface area contributed by atoms with E-state index in [1.165, 1.54) is 12.1 Å². The molecule has 0 saturated heterocycles. The number of ether oxygens (including phenoxy) is 1. The average Bonchev–Trinajstić information content (AvgIpc) is 2.46. The van der Waals surface area contributed by atoms with E-state index in [0.29, 0.717) is 16.0 Å². The van der Waals surface area contributed by atoms with Crippen LogP contribution >= 0.6 is 15.9 Å². The Bertz CT molecular complexity index is 646. The Hall–Kier alpha value is -1.99. The molecule has 110 valence electrons. The van der Waals surface area contributed by atoms with Gasteiger partial charge in [-0.25, -0.2) is 0 Å². The first-order valence-electron chi connectivity index (χ1n) is 6.25. The molecule has 6 nitrogen and oxygen atoms in total. The lowest BCUT2D eigenvalue weighted by Gasteiger charge is -2.10. The van der Waals surface area contributed by atoms with Crippen LogP contribution in [0.25, 0.3) is 0 Å². The maximum absolute atomic E-state index is 10.8. The van der Waals surface area contributed by atoms with Crippen LogP contribution in [0.4, 0.5) is 5.69 Å². The number of halogens is 1. The second-order valence-corrected chi connectivity index (χ2v) is 5.35. The zero-order valence-electron chi connectivity index (χ0n) is 11.5. The summed E-state index contributed by atoms with van der Waals surface area (Å²) in [5.41, 5.74) is 0.859. The minimum atomic E-state index is -0.465. The van der Waals surface area contributed by atoms with Crippen LogP contribution in [0.15, 0.2) is 41.0 Å². The minimum absolute atomic E-state index is 0.0345. The molecule has 7 heteroatoms. The van der Waals surface area contributed by atoms with Crippen molar-refractivity contribution in [3.05, 3.63) is 56.8 Å². The monoisotopic (exact) mass is 351 g/mol. The molecule has 0 aliphatic heterocycles. The van der Waals surface area contributed by atoms with E-state index in [-0.39, 0.29) is 11.7 Å². The van der Waals surface area contributed by atoms with Crippen LogP contribution in [-0.2, 0) is 0 Å². The molecular formula is C14H14BrN3O3. The van der Waals surface area contributed by atoms with E-state index in [4.69, 9.17) is 4.74 Å². The maximum atomic E-state index is 10.8. The Morgan fingerprint density at radius 2 is 2.10 bits per heavy atom. The lowest BCUT2D eigenvalue weighted by molar-refractivity contribution is -0.385. The largest absolute Gasteiger partial charge is 0.455 e. The number of rotatable bonds is 5. The van der Waals surface area contributed by atoms with Gasteiger partial charge in [0, 0.05) is 16.6 Å². The van der Waals surface area contributed by atoms with Gasteiger partial charge in [0.15, 0.2) is 0 Å². The summed E-state index contributed by atoms with van der Waals surface area (Å²) in [6.07, 6.45) is 1.59. The molecule has 0 spiro atoms. The van der Waals surface area contributed by atoms with Gasteiger partial charge in [-0.15, -0.1) is 0 Å². The van der Waals surface area contributed by atoms with E-state index in [9.17, 15) is 10.1 Å². The van der Waals surface area contributed by atoms with Crippen LogP contribution in [0, 0.1) is 10.1 Å². The molecule has 0 aliphatic rings. The summed E-state index contributed by atoms with van der Waals surface area (Å²) < 4.78 is 6.18. The second kappa shape index (κ2) is 6.64. The lowest BCUT2D eigenvalue weighted by Crippen LogP contribution is -2.13. The molecule has 1 aromatic carbocycles. The van der Waals surface area contributed by atoms with E-state index >= 15 is 0 Å². The number of nitro groups is 1. The van der Waals surface area contributed by atoms with Crippen molar-refractivity contribution in [3.63, 3.8) is 0 Å². The molecule has 0 bridgehead atoms. The van der Waals surface area contributed by atoms with Crippen LogP contribution in [0.1, 0.15) is 18.7 Å². The van der Waals surface area contributed by atoms with Gasteiger partial charge in [-0.1, -0.05) is 15.9 Å². The summed E-state index contributed by atoms with van der Waals surface area (Å²) in [5.74, 6) is 0.904. The van der Waals surface area contributed by atoms with Gasteiger partial charge in [0.2, 0.25) is 0 Å². The van der Waals surface area contributed by atoms with Crippen molar-refractivity contribution in [2.45, 2.75) is 13.0 Å². The first-order chi connectivity index (χ1) is 9.99. The third-order valence-corrected chi connectivity index (χ3v) is 3.40. The zero-order valence-corrected chi connectivity index (χ0v) is 13.1. The third-order valence-electron chi connectivity index (χ3n) is 2.94. The first-order valence-corrected chi connectivity index (χ1v) is 7.05. The van der Waals surface area contributed by atoms with E-state index in [1.54, 1.807) is 18.3 Å². The summed E-state index contributed by atoms with van der Waals surface area (Å²) in [4.78, 5) is 14.6. The molecule has 1 aromatic heterocycles. The fraction of sp³-hybridized carbons (Fsp3) is 0.214. The number of hydrogen-bond donors (Lipinski definition) is 1. The van der Waals surface area contributed by atoms with E-state index in [0.717, 1.165) is 5.69 Å². The van der Waals surface area contributed by atoms with Crippen molar-refractivity contribution < 1.29 is 9.66 Å². The Kier molecular flexibility index (Phi) is 4.87. The Morgan fingerprint density at radius 3 is 2.67 bits per heavy atom. The smallest absolute Gasteiger partial charge is 0.274 e. The van der Waals surface area contributed by atoms with Gasteiger partial charge >= 0.3 is 0 Å². The highest BCUT2D eigenvalue weighted by Crippen LogP contribution is 2.29. The van der Waals surface area contributed by atoms with Crippen molar-refractivity contribution in [3.8, 4) is 11.5 Å². The van der Waals surface area contributed by atoms with Gasteiger partial charge in [-0.05, 0) is 32.2 Å². The van der Waals surface area contributed by atoms with Crippen LogP contribution in [-0.4, -0.2) is 17.0 Å². The molecule has 0 amide bonds. The number of nitro benzene ring substituents is 1. The van der Waals surface area contributed by atoms with Crippen molar-refractivity contribution in [1.82, 2.24) is 10.3 Å². The Balaban J connectivity index is 2.20. The van der Waals surface area contributed by atoms with Crippen molar-refractivity contribution in [2.75, 3.05) is 7.05 Å². The van der Waals surface area contributed by atoms with Gasteiger partial charge < -0.3 is 10.1 Å². The van der Waals surface area contributed by atoms with Gasteiger partial charge in [0.1, 0.15) is 11.5 Å².